The number of ether oxygens (including phenoxy) is 1. The first-order chi connectivity index (χ1) is 18.4. The molecule has 39 heavy (non-hydrogen) atoms. The first-order valence-electron chi connectivity index (χ1n) is 11.5. The number of aliphatic hydroxyl groups excluding tert-OH is 1. The van der Waals surface area contributed by atoms with Gasteiger partial charge in [0.25, 0.3) is 11.8 Å². The van der Waals surface area contributed by atoms with Crippen LogP contribution in [0.5, 0.6) is 0 Å². The fraction of sp³-hybridized carbons (Fsp3) is 0.250. The molecular formula is C24H23ClN6O7S. The first kappa shape index (κ1) is 26.6. The lowest BCUT2D eigenvalue weighted by Crippen LogP contribution is -2.63. The summed E-state index contributed by atoms with van der Waals surface area (Å²) in [5.74, 6) is -1.23. The predicted octanol–water partition coefficient (Wildman–Crippen LogP) is 1.77. The van der Waals surface area contributed by atoms with E-state index in [1.54, 1.807) is 24.4 Å². The van der Waals surface area contributed by atoms with Crippen LogP contribution in [0.25, 0.3) is 16.7 Å². The van der Waals surface area contributed by atoms with Crippen LogP contribution in [-0.2, 0) is 24.2 Å². The van der Waals surface area contributed by atoms with Gasteiger partial charge in [-0.15, -0.1) is 5.10 Å². The summed E-state index contributed by atoms with van der Waals surface area (Å²) in [6, 6.07) is 10.5. The standard InChI is InChI=1S/C24H23ClN6O7S/c1-24(20(32)22(33)27-13-11-16(25)19-17(12-13)38-29-21(19)26)23(34)30(9-10-37-24)18-7-8-31(28-18)14-3-5-15(6-4-14)39(2,35)36/h3-8,11-12,20,32H,9-10H2,1-2H3,(H2,26,29)(H,27,33). The van der Waals surface area contributed by atoms with Crippen molar-refractivity contribution in [1.82, 2.24) is 14.9 Å². The van der Waals surface area contributed by atoms with E-state index in [0.717, 1.165) is 6.26 Å². The molecule has 1 aliphatic heterocycles. The van der Waals surface area contributed by atoms with Crippen molar-refractivity contribution in [3.8, 4) is 5.69 Å². The van der Waals surface area contributed by atoms with Crippen molar-refractivity contribution in [3.63, 3.8) is 0 Å². The van der Waals surface area contributed by atoms with Crippen LogP contribution in [0.15, 0.2) is 58.1 Å². The monoisotopic (exact) mass is 574 g/mol. The van der Waals surface area contributed by atoms with Gasteiger partial charge in [0, 0.05) is 30.3 Å². The van der Waals surface area contributed by atoms with Gasteiger partial charge in [-0.1, -0.05) is 16.8 Å². The Kier molecular flexibility index (Phi) is 6.58. The molecule has 1 saturated heterocycles. The second-order valence-corrected chi connectivity index (χ2v) is 11.5. The highest BCUT2D eigenvalue weighted by molar-refractivity contribution is 7.90. The number of hydrogen-bond acceptors (Lipinski definition) is 10. The van der Waals surface area contributed by atoms with E-state index in [1.807, 2.05) is 0 Å². The van der Waals surface area contributed by atoms with Gasteiger partial charge < -0.3 is 25.4 Å². The molecule has 2 unspecified atom stereocenters. The molecule has 13 nitrogen and oxygen atoms in total. The van der Waals surface area contributed by atoms with E-state index in [-0.39, 0.29) is 46.0 Å². The minimum absolute atomic E-state index is 0.0254. The Bertz CT molecular complexity index is 1700. The van der Waals surface area contributed by atoms with E-state index in [4.69, 9.17) is 26.6 Å². The molecule has 0 spiro atoms. The van der Waals surface area contributed by atoms with E-state index in [1.165, 1.54) is 40.8 Å². The molecule has 4 aromatic rings. The van der Waals surface area contributed by atoms with Gasteiger partial charge in [0.1, 0.15) is 0 Å². The van der Waals surface area contributed by atoms with Gasteiger partial charge in [0.05, 0.1) is 34.1 Å². The van der Waals surface area contributed by atoms with Gasteiger partial charge in [0.2, 0.25) is 0 Å². The molecule has 0 saturated carbocycles. The van der Waals surface area contributed by atoms with Crippen LogP contribution in [0.3, 0.4) is 0 Å². The van der Waals surface area contributed by atoms with Gasteiger partial charge in [-0.2, -0.15) is 0 Å². The zero-order chi connectivity index (χ0) is 28.1. The maximum Gasteiger partial charge on any atom is 0.263 e. The molecule has 15 heteroatoms. The molecule has 0 bridgehead atoms. The Morgan fingerprint density at radius 3 is 2.67 bits per heavy atom. The second kappa shape index (κ2) is 9.64. The molecule has 204 valence electrons. The van der Waals surface area contributed by atoms with Crippen molar-refractivity contribution in [2.45, 2.75) is 23.5 Å². The number of anilines is 3. The third-order valence-corrected chi connectivity index (χ3v) is 7.78. The third-order valence-electron chi connectivity index (χ3n) is 6.36. The number of hydrogen-bond donors (Lipinski definition) is 3. The number of carbonyl (C=O) groups is 2. The maximum atomic E-state index is 13.5. The zero-order valence-electron chi connectivity index (χ0n) is 20.7. The SMILES string of the molecule is CC1(C(O)C(=O)Nc2cc(Cl)c3c(N)noc3c2)OCCN(c2ccn(-c3ccc(S(C)(=O)=O)cc3)n2)C1=O. The highest BCUT2D eigenvalue weighted by atomic mass is 35.5. The van der Waals surface area contributed by atoms with Gasteiger partial charge in [0.15, 0.2) is 38.8 Å². The molecule has 4 N–H and O–H groups in total. The van der Waals surface area contributed by atoms with Crippen molar-refractivity contribution in [2.24, 2.45) is 0 Å². The zero-order valence-corrected chi connectivity index (χ0v) is 22.2. The Labute approximate surface area is 227 Å². The van der Waals surface area contributed by atoms with E-state index in [9.17, 15) is 23.1 Å². The second-order valence-electron chi connectivity index (χ2n) is 9.09. The van der Waals surface area contributed by atoms with E-state index >= 15 is 0 Å². The number of nitrogens with zero attached hydrogens (tertiary/aromatic N) is 4. The van der Waals surface area contributed by atoms with Gasteiger partial charge in [-0.25, -0.2) is 13.1 Å². The van der Waals surface area contributed by atoms with Crippen LogP contribution in [0.4, 0.5) is 17.3 Å². The number of carbonyl (C=O) groups excluding carboxylic acids is 2. The Hall–Kier alpha value is -3.98. The molecule has 2 aromatic carbocycles. The number of aromatic nitrogens is 3. The smallest absolute Gasteiger partial charge is 0.263 e. The summed E-state index contributed by atoms with van der Waals surface area (Å²) in [6.07, 6.45) is 0.821. The number of morpholine rings is 1. The topological polar surface area (TPSA) is 183 Å². The quantitative estimate of drug-likeness (QED) is 0.307. The molecule has 0 radical (unpaired) electrons. The minimum atomic E-state index is -3.35. The molecule has 2 amide bonds. The summed E-state index contributed by atoms with van der Waals surface area (Å²) in [5.41, 5.74) is 4.79. The summed E-state index contributed by atoms with van der Waals surface area (Å²) in [7, 11) is -3.35. The highest BCUT2D eigenvalue weighted by Gasteiger charge is 2.51. The normalized spacial score (nSPS) is 18.9. The third kappa shape index (κ3) is 4.83. The molecular weight excluding hydrogens is 552 g/mol. The number of benzene rings is 2. The number of fused-ring (bicyclic) bond motifs is 1. The Balaban J connectivity index is 1.34. The van der Waals surface area contributed by atoms with E-state index in [2.05, 4.69) is 15.6 Å². The number of aliphatic hydroxyl groups is 1. The summed E-state index contributed by atoms with van der Waals surface area (Å²) in [4.78, 5) is 27.9. The van der Waals surface area contributed by atoms with E-state index < -0.39 is 33.4 Å². The number of nitrogens with two attached hydrogens (primary N) is 1. The summed E-state index contributed by atoms with van der Waals surface area (Å²) in [5, 5.41) is 22.0. The maximum absolute atomic E-state index is 13.5. The average molecular weight is 575 g/mol. The van der Waals surface area contributed by atoms with E-state index in [0.29, 0.717) is 11.1 Å². The molecule has 1 fully saturated rings. The van der Waals surface area contributed by atoms with Crippen LogP contribution in [-0.4, -0.2) is 71.4 Å². The predicted molar refractivity (Wildman–Crippen MR) is 141 cm³/mol. The number of nitrogen functional groups attached to an aromatic ring is 1. The van der Waals surface area contributed by atoms with Crippen LogP contribution in [0, 0.1) is 0 Å². The van der Waals surface area contributed by atoms with Gasteiger partial charge >= 0.3 is 0 Å². The lowest BCUT2D eigenvalue weighted by Gasteiger charge is -2.40. The number of rotatable bonds is 6. The number of amides is 2. The molecule has 0 aliphatic carbocycles. The molecule has 5 rings (SSSR count). The minimum Gasteiger partial charge on any atom is -0.380 e. The van der Waals surface area contributed by atoms with Crippen molar-refractivity contribution in [3.05, 3.63) is 53.7 Å². The fourth-order valence-electron chi connectivity index (χ4n) is 4.22. The van der Waals surface area contributed by atoms with Crippen LogP contribution < -0.4 is 16.0 Å². The lowest BCUT2D eigenvalue weighted by molar-refractivity contribution is -0.170. The molecule has 2 aromatic heterocycles. The summed E-state index contributed by atoms with van der Waals surface area (Å²) < 4.78 is 35.6. The Morgan fingerprint density at radius 2 is 1.97 bits per heavy atom. The van der Waals surface area contributed by atoms with Crippen LogP contribution in [0.2, 0.25) is 5.02 Å². The molecule has 3 heterocycles. The number of halogens is 1. The first-order valence-corrected chi connectivity index (χ1v) is 13.8. The number of sulfone groups is 1. The highest BCUT2D eigenvalue weighted by Crippen LogP contribution is 2.33. The number of nitrogens with one attached hydrogen (secondary N) is 1. The van der Waals surface area contributed by atoms with Gasteiger partial charge in [-0.05, 0) is 37.3 Å². The lowest BCUT2D eigenvalue weighted by atomic mass is 9.94. The molecule has 2 atom stereocenters. The van der Waals surface area contributed by atoms with Crippen molar-refractivity contribution >= 4 is 61.5 Å². The van der Waals surface area contributed by atoms with Crippen molar-refractivity contribution in [2.75, 3.05) is 35.4 Å². The largest absolute Gasteiger partial charge is 0.380 e. The fourth-order valence-corrected chi connectivity index (χ4v) is 5.16. The molecule has 1 aliphatic rings. The Morgan fingerprint density at radius 1 is 1.26 bits per heavy atom. The van der Waals surface area contributed by atoms with Crippen molar-refractivity contribution < 1.29 is 32.4 Å². The van der Waals surface area contributed by atoms with Crippen molar-refractivity contribution in [1.29, 1.82) is 0 Å². The van der Waals surface area contributed by atoms with Crippen LogP contribution in [0.1, 0.15) is 6.92 Å². The summed E-state index contributed by atoms with van der Waals surface area (Å²) >= 11 is 6.22. The van der Waals surface area contributed by atoms with Crippen LogP contribution >= 0.6 is 11.6 Å². The average Bonchev–Trinajstić information content (AvgIpc) is 3.52. The summed E-state index contributed by atoms with van der Waals surface area (Å²) in [6.45, 7) is 1.48. The van der Waals surface area contributed by atoms with Gasteiger partial charge in [-0.3, -0.25) is 14.5 Å².